The van der Waals surface area contributed by atoms with Crippen LogP contribution in [-0.4, -0.2) is 7.11 Å². The number of benzene rings is 2. The molecule has 100 valence electrons. The maximum Gasteiger partial charge on any atom is 0.121 e. The molecule has 19 heavy (non-hydrogen) atoms. The van der Waals surface area contributed by atoms with Crippen molar-refractivity contribution in [2.24, 2.45) is 0 Å². The van der Waals surface area contributed by atoms with Gasteiger partial charge in [-0.3, -0.25) is 0 Å². The molecule has 0 saturated heterocycles. The summed E-state index contributed by atoms with van der Waals surface area (Å²) in [7, 11) is 1.70. The van der Waals surface area contributed by atoms with E-state index in [1.807, 2.05) is 6.07 Å². The Morgan fingerprint density at radius 3 is 2.47 bits per heavy atom. The highest BCUT2D eigenvalue weighted by Crippen LogP contribution is 2.21. The van der Waals surface area contributed by atoms with Gasteiger partial charge in [0, 0.05) is 12.2 Å². The maximum atomic E-state index is 5.28. The Hall–Kier alpha value is -1.96. The van der Waals surface area contributed by atoms with Crippen molar-refractivity contribution in [3.8, 4) is 5.75 Å². The first-order chi connectivity index (χ1) is 9.11. The zero-order valence-electron chi connectivity index (χ0n) is 12.1. The average Bonchev–Trinajstić information content (AvgIpc) is 2.40. The summed E-state index contributed by atoms with van der Waals surface area (Å²) in [5.41, 5.74) is 6.26. The normalized spacial score (nSPS) is 10.3. The minimum Gasteiger partial charge on any atom is -0.496 e. The topological polar surface area (TPSA) is 21.3 Å². The van der Waals surface area contributed by atoms with E-state index in [1.54, 1.807) is 7.11 Å². The molecule has 0 amide bonds. The van der Waals surface area contributed by atoms with E-state index in [0.29, 0.717) is 0 Å². The number of ether oxygens (including phenoxy) is 1. The third-order valence-electron chi connectivity index (χ3n) is 3.55. The maximum absolute atomic E-state index is 5.28. The predicted molar refractivity (Wildman–Crippen MR) is 81.0 cm³/mol. The summed E-state index contributed by atoms with van der Waals surface area (Å²) in [4.78, 5) is 0. The van der Waals surface area contributed by atoms with Crippen molar-refractivity contribution < 1.29 is 4.74 Å². The van der Waals surface area contributed by atoms with Crippen molar-refractivity contribution in [2.45, 2.75) is 27.3 Å². The molecule has 0 atom stereocenters. The Morgan fingerprint density at radius 2 is 1.79 bits per heavy atom. The smallest absolute Gasteiger partial charge is 0.121 e. The van der Waals surface area contributed by atoms with Crippen LogP contribution in [0.3, 0.4) is 0 Å². The highest BCUT2D eigenvalue weighted by molar-refractivity contribution is 5.54. The summed E-state index contributed by atoms with van der Waals surface area (Å²) in [5, 5.41) is 3.49. The van der Waals surface area contributed by atoms with E-state index in [1.165, 1.54) is 27.9 Å². The van der Waals surface area contributed by atoms with Gasteiger partial charge in [-0.2, -0.15) is 0 Å². The predicted octanol–water partition coefficient (Wildman–Crippen LogP) is 4.23. The summed E-state index contributed by atoms with van der Waals surface area (Å²) in [6.45, 7) is 7.18. The SMILES string of the molecule is COc1ccc(CNc2cccc(C)c2C)cc1C. The van der Waals surface area contributed by atoms with Crippen LogP contribution in [0.4, 0.5) is 5.69 Å². The molecule has 2 aromatic rings. The molecular weight excluding hydrogens is 234 g/mol. The van der Waals surface area contributed by atoms with E-state index >= 15 is 0 Å². The Morgan fingerprint density at radius 1 is 1.00 bits per heavy atom. The van der Waals surface area contributed by atoms with E-state index in [2.05, 4.69) is 56.4 Å². The van der Waals surface area contributed by atoms with Crippen LogP contribution in [0.5, 0.6) is 5.75 Å². The van der Waals surface area contributed by atoms with Gasteiger partial charge in [0.1, 0.15) is 5.75 Å². The Balaban J connectivity index is 2.10. The molecule has 0 spiro atoms. The fraction of sp³-hybridized carbons (Fsp3) is 0.294. The molecule has 0 unspecified atom stereocenters. The molecule has 2 nitrogen and oxygen atoms in total. The molecule has 2 aromatic carbocycles. The van der Waals surface area contributed by atoms with E-state index in [9.17, 15) is 0 Å². The quantitative estimate of drug-likeness (QED) is 0.882. The van der Waals surface area contributed by atoms with Crippen molar-refractivity contribution in [1.82, 2.24) is 0 Å². The van der Waals surface area contributed by atoms with Gasteiger partial charge in [-0.25, -0.2) is 0 Å². The van der Waals surface area contributed by atoms with Crippen molar-refractivity contribution in [2.75, 3.05) is 12.4 Å². The molecule has 0 heterocycles. The van der Waals surface area contributed by atoms with E-state index in [-0.39, 0.29) is 0 Å². The molecule has 0 radical (unpaired) electrons. The highest BCUT2D eigenvalue weighted by atomic mass is 16.5. The van der Waals surface area contributed by atoms with Gasteiger partial charge in [-0.1, -0.05) is 24.3 Å². The average molecular weight is 255 g/mol. The number of hydrogen-bond donors (Lipinski definition) is 1. The molecule has 0 saturated carbocycles. The molecule has 0 aliphatic rings. The van der Waals surface area contributed by atoms with Crippen molar-refractivity contribution in [1.29, 1.82) is 0 Å². The van der Waals surface area contributed by atoms with Crippen molar-refractivity contribution in [3.05, 3.63) is 58.7 Å². The molecule has 1 N–H and O–H groups in total. The van der Waals surface area contributed by atoms with Crippen LogP contribution in [0.15, 0.2) is 36.4 Å². The molecule has 2 rings (SSSR count). The number of methoxy groups -OCH3 is 1. The number of hydrogen-bond acceptors (Lipinski definition) is 2. The van der Waals surface area contributed by atoms with Gasteiger partial charge >= 0.3 is 0 Å². The van der Waals surface area contributed by atoms with Gasteiger partial charge in [-0.05, 0) is 55.2 Å². The molecular formula is C17H21NO. The van der Waals surface area contributed by atoms with E-state index in [0.717, 1.165) is 12.3 Å². The fourth-order valence-corrected chi connectivity index (χ4v) is 2.19. The molecule has 2 heteroatoms. The highest BCUT2D eigenvalue weighted by Gasteiger charge is 2.02. The van der Waals surface area contributed by atoms with Crippen LogP contribution < -0.4 is 10.1 Å². The minimum atomic E-state index is 0.828. The Labute approximate surface area is 115 Å². The summed E-state index contributed by atoms with van der Waals surface area (Å²) in [6.07, 6.45) is 0. The molecule has 0 fully saturated rings. The second-order valence-corrected chi connectivity index (χ2v) is 4.90. The summed E-state index contributed by atoms with van der Waals surface area (Å²) in [6, 6.07) is 12.6. The Kier molecular flexibility index (Phi) is 4.10. The second kappa shape index (κ2) is 5.79. The van der Waals surface area contributed by atoms with Gasteiger partial charge in [0.05, 0.1) is 7.11 Å². The molecule has 0 bridgehead atoms. The lowest BCUT2D eigenvalue weighted by molar-refractivity contribution is 0.411. The first kappa shape index (κ1) is 13.5. The third-order valence-corrected chi connectivity index (χ3v) is 3.55. The standard InChI is InChI=1S/C17H21NO/c1-12-6-5-7-16(14(12)3)18-11-15-8-9-17(19-4)13(2)10-15/h5-10,18H,11H2,1-4H3. The lowest BCUT2D eigenvalue weighted by Crippen LogP contribution is -2.02. The zero-order chi connectivity index (χ0) is 13.8. The molecule has 0 aliphatic heterocycles. The van der Waals surface area contributed by atoms with Crippen LogP contribution in [0.25, 0.3) is 0 Å². The van der Waals surface area contributed by atoms with Crippen molar-refractivity contribution in [3.63, 3.8) is 0 Å². The van der Waals surface area contributed by atoms with Crippen molar-refractivity contribution >= 4 is 5.69 Å². The van der Waals surface area contributed by atoms with Crippen LogP contribution in [0, 0.1) is 20.8 Å². The van der Waals surface area contributed by atoms with Gasteiger partial charge < -0.3 is 10.1 Å². The molecule has 0 aliphatic carbocycles. The van der Waals surface area contributed by atoms with Gasteiger partial charge in [0.25, 0.3) is 0 Å². The monoisotopic (exact) mass is 255 g/mol. The Bertz CT molecular complexity index is 575. The first-order valence-corrected chi connectivity index (χ1v) is 6.55. The zero-order valence-corrected chi connectivity index (χ0v) is 12.1. The number of aryl methyl sites for hydroxylation is 2. The summed E-state index contributed by atoms with van der Waals surface area (Å²) < 4.78 is 5.28. The minimum absolute atomic E-state index is 0.828. The first-order valence-electron chi connectivity index (χ1n) is 6.55. The van der Waals surface area contributed by atoms with Crippen LogP contribution in [-0.2, 0) is 6.54 Å². The number of anilines is 1. The third kappa shape index (κ3) is 3.08. The van der Waals surface area contributed by atoms with E-state index in [4.69, 9.17) is 4.74 Å². The van der Waals surface area contributed by atoms with Crippen LogP contribution in [0.1, 0.15) is 22.3 Å². The lowest BCUT2D eigenvalue weighted by Gasteiger charge is -2.12. The molecule has 0 aromatic heterocycles. The van der Waals surface area contributed by atoms with Crippen LogP contribution >= 0.6 is 0 Å². The van der Waals surface area contributed by atoms with E-state index < -0.39 is 0 Å². The largest absolute Gasteiger partial charge is 0.496 e. The van der Waals surface area contributed by atoms with Gasteiger partial charge in [0.15, 0.2) is 0 Å². The fourth-order valence-electron chi connectivity index (χ4n) is 2.19. The summed E-state index contributed by atoms with van der Waals surface area (Å²) in [5.74, 6) is 0.940. The lowest BCUT2D eigenvalue weighted by atomic mass is 10.1. The van der Waals surface area contributed by atoms with Gasteiger partial charge in [0.2, 0.25) is 0 Å². The number of nitrogens with one attached hydrogen (secondary N) is 1. The number of rotatable bonds is 4. The summed E-state index contributed by atoms with van der Waals surface area (Å²) >= 11 is 0. The second-order valence-electron chi connectivity index (χ2n) is 4.90. The van der Waals surface area contributed by atoms with Crippen LogP contribution in [0.2, 0.25) is 0 Å². The van der Waals surface area contributed by atoms with Gasteiger partial charge in [-0.15, -0.1) is 0 Å².